The van der Waals surface area contributed by atoms with Crippen LogP contribution in [0.5, 0.6) is 5.75 Å². The smallest absolute Gasteiger partial charge is 0.118 e. The number of aliphatic hydroxyl groups excluding tert-OH is 1. The van der Waals surface area contributed by atoms with Gasteiger partial charge in [0.15, 0.2) is 0 Å². The molecule has 2 aromatic rings. The lowest BCUT2D eigenvalue weighted by Gasteiger charge is -2.27. The maximum atomic E-state index is 10.3. The van der Waals surface area contributed by atoms with E-state index >= 15 is 0 Å². The van der Waals surface area contributed by atoms with Gasteiger partial charge in [-0.15, -0.1) is 12.4 Å². The number of β-amino-alcohol motifs (C(OH)–C–C–N with tert-alkyl or cyclic N) is 1. The van der Waals surface area contributed by atoms with Crippen molar-refractivity contribution in [2.45, 2.75) is 12.5 Å². The summed E-state index contributed by atoms with van der Waals surface area (Å²) >= 11 is 0. The van der Waals surface area contributed by atoms with Gasteiger partial charge in [-0.05, 0) is 35.3 Å². The molecule has 0 fully saturated rings. The summed E-state index contributed by atoms with van der Waals surface area (Å²) in [5, 5.41) is 10.3. The summed E-state index contributed by atoms with van der Waals surface area (Å²) in [6.45, 7) is 2.53. The summed E-state index contributed by atoms with van der Waals surface area (Å²) in [6.07, 6.45) is 7.16. The van der Waals surface area contributed by atoms with Crippen molar-refractivity contribution in [3.05, 3.63) is 83.4 Å². The Morgan fingerprint density at radius 3 is 2.42 bits per heavy atom. The Kier molecular flexibility index (Phi) is 7.92. The molecule has 3 rings (SSSR count). The predicted octanol–water partition coefficient (Wildman–Crippen LogP) is 4.50. The van der Waals surface area contributed by atoms with E-state index in [1.54, 1.807) is 7.11 Å². The van der Waals surface area contributed by atoms with E-state index in [1.165, 1.54) is 11.1 Å². The lowest BCUT2D eigenvalue weighted by Crippen LogP contribution is -2.32. The number of hydrogen-bond donors (Lipinski definition) is 1. The molecule has 1 aliphatic rings. The first-order valence-electron chi connectivity index (χ1n) is 8.71. The normalized spacial score (nSPS) is 16.0. The maximum Gasteiger partial charge on any atom is 0.118 e. The molecule has 0 aliphatic carbocycles. The van der Waals surface area contributed by atoms with Crippen LogP contribution in [0.3, 0.4) is 0 Å². The number of benzene rings is 2. The monoisotopic (exact) mass is 371 g/mol. The Balaban J connectivity index is 0.00000243. The lowest BCUT2D eigenvalue weighted by atomic mass is 10.0. The number of halogens is 1. The largest absolute Gasteiger partial charge is 0.497 e. The van der Waals surface area contributed by atoms with E-state index in [4.69, 9.17) is 4.74 Å². The Morgan fingerprint density at radius 1 is 1.08 bits per heavy atom. The minimum Gasteiger partial charge on any atom is -0.497 e. The molecule has 0 aromatic heterocycles. The van der Waals surface area contributed by atoms with E-state index in [0.717, 1.165) is 30.8 Å². The molecule has 0 bridgehead atoms. The second-order valence-corrected chi connectivity index (χ2v) is 6.32. The number of hydrogen-bond acceptors (Lipinski definition) is 3. The van der Waals surface area contributed by atoms with Gasteiger partial charge in [0, 0.05) is 19.6 Å². The van der Waals surface area contributed by atoms with E-state index in [1.807, 2.05) is 42.5 Å². The van der Waals surface area contributed by atoms with E-state index in [0.29, 0.717) is 6.54 Å². The highest BCUT2D eigenvalue weighted by atomic mass is 35.5. The third-order valence-electron chi connectivity index (χ3n) is 4.55. The van der Waals surface area contributed by atoms with Crippen LogP contribution in [0.1, 0.15) is 23.7 Å². The van der Waals surface area contributed by atoms with Gasteiger partial charge < -0.3 is 9.84 Å². The van der Waals surface area contributed by atoms with Gasteiger partial charge in [0.2, 0.25) is 0 Å². The SMILES string of the molecule is COc1ccc(/C=C/C2=CCN(CC(O)c3ccccc3)CC2)cc1.Cl. The van der Waals surface area contributed by atoms with Crippen LogP contribution in [0.4, 0.5) is 0 Å². The van der Waals surface area contributed by atoms with Crippen LogP contribution in [0.2, 0.25) is 0 Å². The van der Waals surface area contributed by atoms with Crippen molar-refractivity contribution in [3.8, 4) is 5.75 Å². The molecule has 0 spiro atoms. The van der Waals surface area contributed by atoms with Crippen molar-refractivity contribution in [1.82, 2.24) is 4.90 Å². The standard InChI is InChI=1S/C22H25NO2.ClH/c1-25-21-11-9-18(10-12-21)7-8-19-13-15-23(16-14-19)17-22(24)20-5-3-2-4-6-20;/h2-13,22,24H,14-17H2,1H3;1H/b8-7+;. The van der Waals surface area contributed by atoms with Gasteiger partial charge >= 0.3 is 0 Å². The van der Waals surface area contributed by atoms with Crippen LogP contribution in [-0.4, -0.2) is 36.8 Å². The van der Waals surface area contributed by atoms with Gasteiger partial charge in [0.05, 0.1) is 13.2 Å². The molecule has 3 nitrogen and oxygen atoms in total. The summed E-state index contributed by atoms with van der Waals surface area (Å²) in [5.41, 5.74) is 3.50. The Labute approximate surface area is 162 Å². The predicted molar refractivity (Wildman–Crippen MR) is 110 cm³/mol. The second kappa shape index (κ2) is 10.2. The average molecular weight is 372 g/mol. The molecule has 138 valence electrons. The fraction of sp³-hybridized carbons (Fsp3) is 0.273. The molecule has 2 aromatic carbocycles. The van der Waals surface area contributed by atoms with Gasteiger partial charge in [-0.1, -0.05) is 60.7 Å². The number of rotatable bonds is 6. The fourth-order valence-corrected chi connectivity index (χ4v) is 2.99. The molecule has 0 radical (unpaired) electrons. The number of ether oxygens (including phenoxy) is 1. The molecule has 0 saturated carbocycles. The quantitative estimate of drug-likeness (QED) is 0.811. The van der Waals surface area contributed by atoms with Gasteiger partial charge in [-0.3, -0.25) is 4.90 Å². The highest BCUT2D eigenvalue weighted by Gasteiger charge is 2.15. The average Bonchev–Trinajstić information content (AvgIpc) is 2.68. The number of allylic oxidation sites excluding steroid dienone is 1. The molecule has 1 aliphatic heterocycles. The first-order chi connectivity index (χ1) is 12.2. The second-order valence-electron chi connectivity index (χ2n) is 6.32. The third kappa shape index (κ3) is 5.73. The summed E-state index contributed by atoms with van der Waals surface area (Å²) in [4.78, 5) is 2.29. The molecular weight excluding hydrogens is 346 g/mol. The molecule has 4 heteroatoms. The first kappa shape index (κ1) is 20.2. The zero-order valence-corrected chi connectivity index (χ0v) is 15.9. The van der Waals surface area contributed by atoms with Crippen LogP contribution in [0, 0.1) is 0 Å². The van der Waals surface area contributed by atoms with E-state index in [9.17, 15) is 5.11 Å². The number of methoxy groups -OCH3 is 1. The van der Waals surface area contributed by atoms with Crippen LogP contribution < -0.4 is 4.74 Å². The number of aliphatic hydroxyl groups is 1. The van der Waals surface area contributed by atoms with Crippen molar-refractivity contribution < 1.29 is 9.84 Å². The molecule has 26 heavy (non-hydrogen) atoms. The van der Waals surface area contributed by atoms with Crippen LogP contribution in [-0.2, 0) is 0 Å². The van der Waals surface area contributed by atoms with Crippen molar-refractivity contribution in [2.24, 2.45) is 0 Å². The topological polar surface area (TPSA) is 32.7 Å². The van der Waals surface area contributed by atoms with E-state index in [2.05, 4.69) is 35.3 Å². The summed E-state index contributed by atoms with van der Waals surface area (Å²) in [6, 6.07) is 17.9. The summed E-state index contributed by atoms with van der Waals surface area (Å²) in [7, 11) is 1.68. The van der Waals surface area contributed by atoms with Gasteiger partial charge in [-0.25, -0.2) is 0 Å². The van der Waals surface area contributed by atoms with Crippen molar-refractivity contribution in [2.75, 3.05) is 26.7 Å². The van der Waals surface area contributed by atoms with E-state index in [-0.39, 0.29) is 12.4 Å². The third-order valence-corrected chi connectivity index (χ3v) is 4.55. The van der Waals surface area contributed by atoms with Gasteiger partial charge in [0.25, 0.3) is 0 Å². The molecule has 0 saturated heterocycles. The molecular formula is C22H26ClNO2. The van der Waals surface area contributed by atoms with Crippen molar-refractivity contribution in [1.29, 1.82) is 0 Å². The summed E-state index contributed by atoms with van der Waals surface area (Å²) in [5.74, 6) is 0.877. The molecule has 1 unspecified atom stereocenters. The highest BCUT2D eigenvalue weighted by molar-refractivity contribution is 5.85. The van der Waals surface area contributed by atoms with E-state index < -0.39 is 6.10 Å². The van der Waals surface area contributed by atoms with Crippen LogP contribution in [0.25, 0.3) is 6.08 Å². The lowest BCUT2D eigenvalue weighted by molar-refractivity contribution is 0.118. The van der Waals surface area contributed by atoms with Gasteiger partial charge in [-0.2, -0.15) is 0 Å². The molecule has 1 heterocycles. The minimum atomic E-state index is -0.425. The zero-order chi connectivity index (χ0) is 17.5. The van der Waals surface area contributed by atoms with Crippen molar-refractivity contribution >= 4 is 18.5 Å². The Morgan fingerprint density at radius 2 is 1.81 bits per heavy atom. The highest BCUT2D eigenvalue weighted by Crippen LogP contribution is 2.19. The Hall–Kier alpha value is -2.07. The zero-order valence-electron chi connectivity index (χ0n) is 15.0. The van der Waals surface area contributed by atoms with Crippen LogP contribution >= 0.6 is 12.4 Å². The maximum absolute atomic E-state index is 10.3. The minimum absolute atomic E-state index is 0. The first-order valence-corrected chi connectivity index (χ1v) is 8.71. The molecule has 1 N–H and O–H groups in total. The fourth-order valence-electron chi connectivity index (χ4n) is 2.99. The molecule has 0 amide bonds. The van der Waals surface area contributed by atoms with Crippen LogP contribution in [0.15, 0.2) is 72.3 Å². The van der Waals surface area contributed by atoms with Crippen molar-refractivity contribution in [3.63, 3.8) is 0 Å². The summed E-state index contributed by atoms with van der Waals surface area (Å²) < 4.78 is 5.18. The molecule has 1 atom stereocenters. The van der Waals surface area contributed by atoms with Gasteiger partial charge in [0.1, 0.15) is 5.75 Å². The number of nitrogens with zero attached hydrogens (tertiary/aromatic N) is 1. The Bertz CT molecular complexity index is 726.